The maximum Gasteiger partial charge on any atom is 1.00 e. The topological polar surface area (TPSA) is 535 Å². The van der Waals surface area contributed by atoms with Crippen LogP contribution in [-0.4, -0.2) is 237 Å². The zero-order valence-corrected chi connectivity index (χ0v) is 60.9. The summed E-state index contributed by atoms with van der Waals surface area (Å²) in [6, 6.07) is 0. The monoisotopic (exact) mass is 1410 g/mol. The molecule has 83 heavy (non-hydrogen) atoms. The quantitative estimate of drug-likeness (QED) is 0.00546. The van der Waals surface area contributed by atoms with Crippen molar-refractivity contribution in [2.24, 2.45) is 0 Å². The van der Waals surface area contributed by atoms with Crippen molar-refractivity contribution < 1.29 is 249 Å². The molecule has 0 amide bonds. The maximum absolute atomic E-state index is 11.6. The van der Waals surface area contributed by atoms with Crippen molar-refractivity contribution in [2.45, 2.75) is 20.8 Å². The molecule has 0 aromatic rings. The molecule has 2 unspecified atom stereocenters. The van der Waals surface area contributed by atoms with E-state index in [1.165, 1.54) is 14.2 Å². The molecule has 0 saturated heterocycles. The fourth-order valence-corrected chi connectivity index (χ4v) is 6.00. The van der Waals surface area contributed by atoms with E-state index in [-0.39, 0.29) is 238 Å². The Kier molecular flexibility index (Phi) is 88.5. The van der Waals surface area contributed by atoms with Crippen molar-refractivity contribution >= 4 is 83.8 Å². The molecular formula is C41H83BrNa3O33P5. The van der Waals surface area contributed by atoms with Crippen LogP contribution in [0.3, 0.4) is 0 Å². The summed E-state index contributed by atoms with van der Waals surface area (Å²) in [7, 11) is -13.3. The summed E-state index contributed by atoms with van der Waals surface area (Å²) in [5, 5.41) is 16.7. The number of hydrogen-bond acceptors (Lipinski definition) is 24. The van der Waals surface area contributed by atoms with E-state index in [1.807, 2.05) is 5.83 Å². The average Bonchev–Trinajstić information content (AvgIpc) is 3.36. The Morgan fingerprint density at radius 2 is 0.614 bits per heavy atom. The Morgan fingerprint density at radius 3 is 0.795 bits per heavy atom. The van der Waals surface area contributed by atoms with Gasteiger partial charge in [0.15, 0.2) is 0 Å². The first-order valence-electron chi connectivity index (χ1n) is 21.7. The number of ether oxygens (including phenoxy) is 8. The molecule has 0 rings (SSSR count). The summed E-state index contributed by atoms with van der Waals surface area (Å²) >= 11 is 2.94. The normalized spacial score (nSPS) is 11.4. The molecular weight excluding hydrogens is 1320 g/mol. The smallest absolute Gasteiger partial charge is 1.00 e. The zero-order valence-electron chi connectivity index (χ0n) is 49.8. The van der Waals surface area contributed by atoms with Gasteiger partial charge in [-0.15, -0.1) is 0 Å². The SMILES string of the molecule is C=C(COCCP(=O)(O)O)C(=O)O.C=C(COCCP(=O)(O)O)C(=O)OCC.C=C(COCCP(=O)(O)OC)C(=O)O.C=C(COCCP(=O)(O)OC)C(=O)OCC.C=C(COCCP(=O)(OC)OC)C(=O)OCC.CBr.O.[H-].[Na+].[Na+].[Na+].[OH-].[OH-]. The molecule has 0 heterocycles. The van der Waals surface area contributed by atoms with E-state index in [1.54, 1.807) is 20.8 Å². The van der Waals surface area contributed by atoms with Gasteiger partial charge in [-0.1, -0.05) is 48.8 Å². The van der Waals surface area contributed by atoms with Crippen LogP contribution in [0.1, 0.15) is 22.2 Å². The minimum Gasteiger partial charge on any atom is -1.00 e. The van der Waals surface area contributed by atoms with Gasteiger partial charge in [0, 0.05) is 28.4 Å². The van der Waals surface area contributed by atoms with E-state index in [0.717, 1.165) is 14.2 Å². The first-order chi connectivity index (χ1) is 35.5. The summed E-state index contributed by atoms with van der Waals surface area (Å²) < 4.78 is 111. The van der Waals surface area contributed by atoms with Gasteiger partial charge in [0.05, 0.1) is 145 Å². The minimum atomic E-state index is -4.05. The molecule has 0 aliphatic rings. The van der Waals surface area contributed by atoms with Gasteiger partial charge in [-0.05, 0) is 26.6 Å². The van der Waals surface area contributed by atoms with Crippen LogP contribution < -0.4 is 88.7 Å². The number of carbonyl (C=O) groups excluding carboxylic acids is 3. The third-order valence-corrected chi connectivity index (χ3v) is 13.4. The number of hydrogen-bond donors (Lipinski definition) is 8. The fraction of sp³-hybridized carbons (Fsp3) is 0.634. The summed E-state index contributed by atoms with van der Waals surface area (Å²) in [6.45, 7) is 22.0. The Labute approximate surface area is 560 Å². The molecule has 0 aromatic heterocycles. The molecule has 42 heteroatoms. The maximum atomic E-state index is 11.6. The van der Waals surface area contributed by atoms with Gasteiger partial charge in [0.1, 0.15) is 0 Å². The second-order valence-corrected chi connectivity index (χ2v) is 23.7. The van der Waals surface area contributed by atoms with Gasteiger partial charge < -0.3 is 113 Å². The Hall–Kier alpha value is -0.0400. The molecule has 0 aromatic carbocycles. The summed E-state index contributed by atoms with van der Waals surface area (Å²) in [6.07, 6.45) is -0.963. The molecule has 0 fully saturated rings. The third kappa shape index (κ3) is 79.9. The number of carboxylic acid groups (broad SMARTS) is 2. The molecule has 480 valence electrons. The third-order valence-electron chi connectivity index (χ3n) is 7.41. The van der Waals surface area contributed by atoms with Crippen LogP contribution in [0.25, 0.3) is 0 Å². The van der Waals surface area contributed by atoms with Crippen LogP contribution in [0, 0.1) is 0 Å². The standard InChI is InChI=1S/C10H19O6P.C9H17O6P.C8H15O6P.C7H13O6P.C6H11O6P.CH3Br.3Na.3H2O.H/c1-5-16-10(11)9(2)8-15-6-7-17(12,13-3)14-4;1-4-15-9(10)8(2)7-14-5-6-16(11,12)13-3;1-3-14-8(9)7(2)6-13-4-5-15(10,11)12;1-6(7(8)9)5-13-3-4-14(10,11)12-2;1-5(6(7)8)4-12-2-3-13(9,10)11;1-2;;;;;;;/h2,5-8H2,1,3-4H3;2,4-7H2,1,3H3,(H,11,12);2-6H2,1H3,(H2,10,11,12);1,3-5H2,2H3,(H,8,9)(H,10,11);1-4H2,(H,7,8)(H2,9,10,11);1H3;;;;3*1H2;/q;;;;;;3*+1;;;;-1/p-2. The number of esters is 3. The molecule has 0 aliphatic heterocycles. The Balaban J connectivity index is -0.0000000664. The minimum absolute atomic E-state index is 0. The predicted octanol–water partition coefficient (Wildman–Crippen LogP) is -5.88. The second kappa shape index (κ2) is 66.4. The average molecular weight is 1410 g/mol. The van der Waals surface area contributed by atoms with Crippen LogP contribution in [-0.2, 0) is 103 Å². The zero-order chi connectivity index (χ0) is 61.5. The molecule has 0 bridgehead atoms. The number of carbonyl (C=O) groups is 5. The molecule has 0 aliphatic carbocycles. The van der Waals surface area contributed by atoms with Gasteiger partial charge in [-0.25, -0.2) is 24.0 Å². The molecule has 0 radical (unpaired) electrons. The van der Waals surface area contributed by atoms with Crippen molar-refractivity contribution in [1.82, 2.24) is 0 Å². The first kappa shape index (κ1) is 111. The molecule has 0 saturated carbocycles. The molecule has 0 spiro atoms. The van der Waals surface area contributed by atoms with E-state index in [9.17, 15) is 46.8 Å². The van der Waals surface area contributed by atoms with Crippen LogP contribution in [0.5, 0.6) is 0 Å². The van der Waals surface area contributed by atoms with Crippen LogP contribution in [0.4, 0.5) is 0 Å². The molecule has 12 N–H and O–H groups in total. The number of rotatable bonds is 37. The molecule has 33 nitrogen and oxygen atoms in total. The van der Waals surface area contributed by atoms with Crippen molar-refractivity contribution in [3.8, 4) is 0 Å². The largest absolute Gasteiger partial charge is 1.00 e. The Bertz CT molecular complexity index is 2040. The number of aliphatic carboxylic acids is 2. The van der Waals surface area contributed by atoms with Gasteiger partial charge in [-0.2, -0.15) is 0 Å². The predicted molar refractivity (Wildman–Crippen MR) is 292 cm³/mol. The van der Waals surface area contributed by atoms with E-state index in [2.05, 4.69) is 72.1 Å². The Morgan fingerprint density at radius 1 is 0.410 bits per heavy atom. The van der Waals surface area contributed by atoms with Crippen molar-refractivity contribution in [3.63, 3.8) is 0 Å². The number of halogens is 1. The van der Waals surface area contributed by atoms with E-state index in [4.69, 9.17) is 72.3 Å². The summed E-state index contributed by atoms with van der Waals surface area (Å²) in [4.78, 5) is 105. The second-order valence-electron chi connectivity index (χ2n) is 13.6. The number of alkyl halides is 1. The van der Waals surface area contributed by atoms with E-state index in [0.29, 0.717) is 6.61 Å². The summed E-state index contributed by atoms with van der Waals surface area (Å²) in [5.74, 6) is -2.10. The van der Waals surface area contributed by atoms with Crippen LogP contribution in [0.2, 0.25) is 0 Å². The van der Waals surface area contributed by atoms with E-state index >= 15 is 0 Å². The van der Waals surface area contributed by atoms with Gasteiger partial charge in [0.25, 0.3) is 0 Å². The molecule has 2 atom stereocenters. The van der Waals surface area contributed by atoms with Crippen LogP contribution >= 0.6 is 53.9 Å². The van der Waals surface area contributed by atoms with Gasteiger partial charge >= 0.3 is 156 Å². The number of carboxylic acids is 2. The van der Waals surface area contributed by atoms with E-state index < -0.39 is 74.0 Å². The van der Waals surface area contributed by atoms with Gasteiger partial charge in [-0.3, -0.25) is 22.8 Å². The van der Waals surface area contributed by atoms with Crippen molar-refractivity contribution in [2.75, 3.05) is 151 Å². The van der Waals surface area contributed by atoms with Crippen LogP contribution in [0.15, 0.2) is 60.8 Å². The van der Waals surface area contributed by atoms with Crippen molar-refractivity contribution in [3.05, 3.63) is 60.8 Å². The van der Waals surface area contributed by atoms with Gasteiger partial charge in [0.2, 0.25) is 0 Å². The summed E-state index contributed by atoms with van der Waals surface area (Å²) in [5.41, 5.74) is 0.270. The van der Waals surface area contributed by atoms with Crippen molar-refractivity contribution in [1.29, 1.82) is 0 Å². The fourth-order valence-electron chi connectivity index (χ4n) is 3.32. The first-order valence-corrected chi connectivity index (χ1v) is 32.1.